The van der Waals surface area contributed by atoms with Gasteiger partial charge in [0.2, 0.25) is 0 Å². The van der Waals surface area contributed by atoms with E-state index in [1.165, 1.54) is 7.11 Å². The second-order valence-corrected chi connectivity index (χ2v) is 8.23. The number of benzene rings is 1. The monoisotopic (exact) mass is 461 g/mol. The summed E-state index contributed by atoms with van der Waals surface area (Å²) in [6.07, 6.45) is 0.513. The maximum atomic E-state index is 13.5. The Morgan fingerprint density at radius 3 is 2.66 bits per heavy atom. The zero-order valence-electron chi connectivity index (χ0n) is 16.9. The molecule has 1 N–H and O–H groups in total. The minimum atomic E-state index is -0.892. The van der Waals surface area contributed by atoms with E-state index in [1.807, 2.05) is 38.1 Å². The van der Waals surface area contributed by atoms with Crippen molar-refractivity contribution in [1.82, 2.24) is 5.32 Å². The molecule has 3 atom stereocenters. The van der Waals surface area contributed by atoms with Gasteiger partial charge in [-0.15, -0.1) is 0 Å². The smallest absolute Gasteiger partial charge is 0.336 e. The first-order chi connectivity index (χ1) is 13.8. The fourth-order valence-electron chi connectivity index (χ4n) is 4.18. The lowest BCUT2D eigenvalue weighted by Crippen LogP contribution is -2.43. The van der Waals surface area contributed by atoms with Gasteiger partial charge in [0, 0.05) is 27.4 Å². The van der Waals surface area contributed by atoms with Crippen LogP contribution in [-0.2, 0) is 23.9 Å². The summed E-state index contributed by atoms with van der Waals surface area (Å²) in [7, 11) is 1.28. The molecule has 0 unspecified atom stereocenters. The number of carbonyl (C=O) groups excluding carboxylic acids is 3. The average molecular weight is 462 g/mol. The fourth-order valence-corrected chi connectivity index (χ4v) is 4.60. The Balaban J connectivity index is 2.19. The summed E-state index contributed by atoms with van der Waals surface area (Å²) < 4.78 is 11.0. The van der Waals surface area contributed by atoms with Gasteiger partial charge in [-0.2, -0.15) is 0 Å². The SMILES string of the molecule is CCOC(=O)C1=C(C)NC2=C(C(=O)[C@@H](C(=O)OC)[C@H](C)C2)[C@@H]1c1cccc(Br)c1. The van der Waals surface area contributed by atoms with Crippen LogP contribution in [0.1, 0.15) is 38.7 Å². The molecule has 0 aromatic heterocycles. The van der Waals surface area contributed by atoms with Gasteiger partial charge >= 0.3 is 11.9 Å². The fraction of sp³-hybridized carbons (Fsp3) is 0.409. The van der Waals surface area contributed by atoms with Crippen molar-refractivity contribution in [3.63, 3.8) is 0 Å². The Hall–Kier alpha value is -2.41. The number of rotatable bonds is 4. The second-order valence-electron chi connectivity index (χ2n) is 7.31. The molecule has 0 radical (unpaired) electrons. The largest absolute Gasteiger partial charge is 0.468 e. The molecular formula is C22H24BrNO5. The van der Waals surface area contributed by atoms with Crippen LogP contribution < -0.4 is 5.32 Å². The molecule has 0 spiro atoms. The van der Waals surface area contributed by atoms with E-state index >= 15 is 0 Å². The van der Waals surface area contributed by atoms with Gasteiger partial charge in [-0.1, -0.05) is 35.0 Å². The average Bonchev–Trinajstić information content (AvgIpc) is 2.66. The topological polar surface area (TPSA) is 81.7 Å². The summed E-state index contributed by atoms with van der Waals surface area (Å²) in [6, 6.07) is 7.48. The van der Waals surface area contributed by atoms with Crippen molar-refractivity contribution < 1.29 is 23.9 Å². The first kappa shape index (κ1) is 21.3. The molecule has 6 nitrogen and oxygen atoms in total. The molecule has 0 saturated carbocycles. The number of halogens is 1. The molecular weight excluding hydrogens is 438 g/mol. The highest BCUT2D eigenvalue weighted by molar-refractivity contribution is 9.10. The molecule has 1 aliphatic heterocycles. The normalized spacial score (nSPS) is 24.0. The number of Topliss-reactive ketones (excluding diaryl/α,β-unsaturated/α-hetero) is 1. The molecule has 1 aromatic rings. The molecule has 1 aromatic carbocycles. The lowest BCUT2D eigenvalue weighted by molar-refractivity contribution is -0.151. The van der Waals surface area contributed by atoms with Crippen molar-refractivity contribution in [2.75, 3.05) is 13.7 Å². The van der Waals surface area contributed by atoms with Crippen LogP contribution in [0.2, 0.25) is 0 Å². The van der Waals surface area contributed by atoms with Gasteiger partial charge in [0.05, 0.1) is 19.3 Å². The molecule has 1 aliphatic carbocycles. The van der Waals surface area contributed by atoms with Gasteiger partial charge in [-0.05, 0) is 43.9 Å². The zero-order chi connectivity index (χ0) is 21.3. The summed E-state index contributed by atoms with van der Waals surface area (Å²) in [5, 5.41) is 3.23. The highest BCUT2D eigenvalue weighted by Gasteiger charge is 2.47. The predicted molar refractivity (Wildman–Crippen MR) is 111 cm³/mol. The van der Waals surface area contributed by atoms with E-state index in [4.69, 9.17) is 9.47 Å². The maximum Gasteiger partial charge on any atom is 0.336 e. The first-order valence-electron chi connectivity index (χ1n) is 9.55. The van der Waals surface area contributed by atoms with E-state index in [9.17, 15) is 14.4 Å². The van der Waals surface area contributed by atoms with Crippen molar-refractivity contribution in [1.29, 1.82) is 0 Å². The first-order valence-corrected chi connectivity index (χ1v) is 10.3. The molecule has 154 valence electrons. The summed E-state index contributed by atoms with van der Waals surface area (Å²) in [6.45, 7) is 5.63. The van der Waals surface area contributed by atoms with Crippen LogP contribution in [0.4, 0.5) is 0 Å². The van der Waals surface area contributed by atoms with Crippen LogP contribution >= 0.6 is 15.9 Å². The van der Waals surface area contributed by atoms with Gasteiger partial charge < -0.3 is 14.8 Å². The van der Waals surface area contributed by atoms with Gasteiger partial charge in [-0.25, -0.2) is 4.79 Å². The van der Waals surface area contributed by atoms with Crippen molar-refractivity contribution in [3.05, 3.63) is 56.8 Å². The van der Waals surface area contributed by atoms with E-state index in [0.717, 1.165) is 15.7 Å². The summed E-state index contributed by atoms with van der Waals surface area (Å²) >= 11 is 3.47. The van der Waals surface area contributed by atoms with E-state index in [0.29, 0.717) is 23.3 Å². The Labute approximate surface area is 178 Å². The minimum Gasteiger partial charge on any atom is -0.468 e. The number of dihydropyridines is 1. The van der Waals surface area contributed by atoms with Gasteiger partial charge in [0.15, 0.2) is 5.78 Å². The Bertz CT molecular complexity index is 933. The van der Waals surface area contributed by atoms with Gasteiger partial charge in [0.25, 0.3) is 0 Å². The van der Waals surface area contributed by atoms with Crippen LogP contribution in [0.15, 0.2) is 51.3 Å². The Kier molecular flexibility index (Phi) is 6.27. The van der Waals surface area contributed by atoms with E-state index in [1.54, 1.807) is 6.92 Å². The lowest BCUT2D eigenvalue weighted by atomic mass is 9.69. The highest BCUT2D eigenvalue weighted by Crippen LogP contribution is 2.45. The summed E-state index contributed by atoms with van der Waals surface area (Å²) in [5.41, 5.74) is 3.00. The third kappa shape index (κ3) is 3.88. The van der Waals surface area contributed by atoms with Gasteiger partial charge in [0.1, 0.15) is 5.92 Å². The molecule has 29 heavy (non-hydrogen) atoms. The number of ether oxygens (including phenoxy) is 2. The number of carbonyl (C=O) groups is 3. The minimum absolute atomic E-state index is 0.207. The predicted octanol–water partition coefficient (Wildman–Crippen LogP) is 3.63. The van der Waals surface area contributed by atoms with Crippen molar-refractivity contribution in [2.24, 2.45) is 11.8 Å². The standard InChI is InChI=1S/C22H24BrNO5/c1-5-29-22(27)17-12(3)24-15-9-11(2)16(21(26)28-4)20(25)19(15)18(17)13-7-6-8-14(23)10-13/h6-8,10-11,16,18,24H,5,9H2,1-4H3/t11-,16+,18-/m1/s1. The highest BCUT2D eigenvalue weighted by atomic mass is 79.9. The number of esters is 2. The van der Waals surface area contributed by atoms with E-state index < -0.39 is 23.8 Å². The third-order valence-electron chi connectivity index (χ3n) is 5.42. The van der Waals surface area contributed by atoms with Crippen LogP contribution in [0, 0.1) is 11.8 Å². The molecule has 0 fully saturated rings. The van der Waals surface area contributed by atoms with Crippen LogP contribution in [0.3, 0.4) is 0 Å². The van der Waals surface area contributed by atoms with E-state index in [2.05, 4.69) is 21.2 Å². The molecule has 3 rings (SSSR count). The Morgan fingerprint density at radius 2 is 2.03 bits per heavy atom. The molecule has 2 aliphatic rings. The number of hydrogen-bond acceptors (Lipinski definition) is 6. The quantitative estimate of drug-likeness (QED) is 0.544. The molecule has 0 saturated heterocycles. The van der Waals surface area contributed by atoms with Crippen molar-refractivity contribution in [2.45, 2.75) is 33.1 Å². The Morgan fingerprint density at radius 1 is 1.31 bits per heavy atom. The number of nitrogens with one attached hydrogen (secondary N) is 1. The lowest BCUT2D eigenvalue weighted by Gasteiger charge is -2.38. The summed E-state index contributed by atoms with van der Waals surface area (Å²) in [4.78, 5) is 38.7. The zero-order valence-corrected chi connectivity index (χ0v) is 18.5. The summed E-state index contributed by atoms with van der Waals surface area (Å²) in [5.74, 6) is -3.05. The number of allylic oxidation sites excluding steroid dienone is 3. The van der Waals surface area contributed by atoms with Gasteiger partial charge in [-0.3, -0.25) is 9.59 Å². The molecule has 1 heterocycles. The van der Waals surface area contributed by atoms with Crippen molar-refractivity contribution >= 4 is 33.7 Å². The molecule has 7 heteroatoms. The number of ketones is 1. The third-order valence-corrected chi connectivity index (χ3v) is 5.91. The van der Waals surface area contributed by atoms with Crippen molar-refractivity contribution in [3.8, 4) is 0 Å². The maximum absolute atomic E-state index is 13.5. The van der Waals surface area contributed by atoms with E-state index in [-0.39, 0.29) is 18.3 Å². The number of hydrogen-bond donors (Lipinski definition) is 1. The molecule has 0 amide bonds. The molecule has 0 bridgehead atoms. The second kappa shape index (κ2) is 8.53. The van der Waals surface area contributed by atoms with Crippen LogP contribution in [0.25, 0.3) is 0 Å². The van der Waals surface area contributed by atoms with Crippen LogP contribution in [0.5, 0.6) is 0 Å². The number of methoxy groups -OCH3 is 1. The van der Waals surface area contributed by atoms with Crippen LogP contribution in [-0.4, -0.2) is 31.4 Å².